The van der Waals surface area contributed by atoms with E-state index in [1.54, 1.807) is 6.08 Å². The fourth-order valence-electron chi connectivity index (χ4n) is 6.80. The number of fused-ring (bicyclic) bond motifs is 5. The molecule has 4 aliphatic carbocycles. The molecule has 2 heteroatoms. The van der Waals surface area contributed by atoms with E-state index in [1.165, 1.54) is 38.5 Å². The van der Waals surface area contributed by atoms with Gasteiger partial charge in [-0.1, -0.05) is 26.7 Å². The number of hydrogen-bond donors (Lipinski definition) is 0. The van der Waals surface area contributed by atoms with Crippen LogP contribution in [0.3, 0.4) is 0 Å². The van der Waals surface area contributed by atoms with Crippen molar-refractivity contribution in [2.24, 2.45) is 28.6 Å². The molecule has 0 aromatic rings. The molecule has 0 unspecified atom stereocenters. The fourth-order valence-corrected chi connectivity index (χ4v) is 6.80. The molecule has 0 aromatic carbocycles. The van der Waals surface area contributed by atoms with Crippen LogP contribution in [0.1, 0.15) is 71.6 Å². The van der Waals surface area contributed by atoms with Gasteiger partial charge < -0.3 is 0 Å². The van der Waals surface area contributed by atoms with Crippen LogP contribution in [0.15, 0.2) is 11.6 Å². The van der Waals surface area contributed by atoms with Crippen molar-refractivity contribution in [1.82, 2.24) is 0 Å². The molecular formula is C20H28O2. The Morgan fingerprint density at radius 3 is 2.73 bits per heavy atom. The van der Waals surface area contributed by atoms with Crippen LogP contribution < -0.4 is 0 Å². The second-order valence-corrected chi connectivity index (χ2v) is 8.59. The van der Waals surface area contributed by atoms with E-state index in [9.17, 15) is 9.59 Å². The number of carbonyl (C=O) groups excluding carboxylic acids is 2. The van der Waals surface area contributed by atoms with Gasteiger partial charge in [-0.25, -0.2) is 0 Å². The van der Waals surface area contributed by atoms with E-state index in [4.69, 9.17) is 0 Å². The van der Waals surface area contributed by atoms with E-state index in [-0.39, 0.29) is 17.0 Å². The Kier molecular flexibility index (Phi) is 3.19. The summed E-state index contributed by atoms with van der Waals surface area (Å²) >= 11 is 0. The summed E-state index contributed by atoms with van der Waals surface area (Å²) in [6.45, 7) is 4.64. The van der Waals surface area contributed by atoms with E-state index in [0.717, 1.165) is 17.9 Å². The summed E-state index contributed by atoms with van der Waals surface area (Å²) in [6, 6.07) is 0. The zero-order chi connectivity index (χ0) is 15.5. The number of ketones is 2. The highest BCUT2D eigenvalue weighted by atomic mass is 16.1. The van der Waals surface area contributed by atoms with E-state index >= 15 is 0 Å². The predicted molar refractivity (Wildman–Crippen MR) is 86.3 cm³/mol. The zero-order valence-electron chi connectivity index (χ0n) is 14.0. The topological polar surface area (TPSA) is 34.1 Å². The summed E-state index contributed by atoms with van der Waals surface area (Å²) in [7, 11) is 0. The van der Waals surface area contributed by atoms with Gasteiger partial charge in [0.1, 0.15) is 0 Å². The first-order valence-electron chi connectivity index (χ1n) is 9.28. The van der Waals surface area contributed by atoms with Crippen LogP contribution in [0.5, 0.6) is 0 Å². The Labute approximate surface area is 133 Å². The predicted octanol–water partition coefficient (Wildman–Crippen LogP) is 4.48. The standard InChI is InChI=1S/C20H28O2/c1-3-20-8-4-5-16(20)14-12-18(22)17-11-13(21)6-9-19(17,2)15(14)7-10-20/h11,14-16H,3-10,12H2,1-2H3/t14-,15+,16+,19-,20+/m1/s1. The van der Waals surface area contributed by atoms with E-state index in [2.05, 4.69) is 13.8 Å². The van der Waals surface area contributed by atoms with Gasteiger partial charge in [-0.2, -0.15) is 0 Å². The highest BCUT2D eigenvalue weighted by molar-refractivity contribution is 6.05. The number of allylic oxidation sites excluding steroid dienone is 1. The van der Waals surface area contributed by atoms with Crippen LogP contribution in [-0.2, 0) is 9.59 Å². The number of carbonyl (C=O) groups is 2. The molecular weight excluding hydrogens is 272 g/mol. The van der Waals surface area contributed by atoms with E-state index in [1.807, 2.05) is 0 Å². The Hall–Kier alpha value is -0.920. The highest BCUT2D eigenvalue weighted by Gasteiger charge is 2.58. The lowest BCUT2D eigenvalue weighted by Gasteiger charge is -2.57. The van der Waals surface area contributed by atoms with Gasteiger partial charge in [0.2, 0.25) is 0 Å². The lowest BCUT2D eigenvalue weighted by molar-refractivity contribution is -0.131. The number of Topliss-reactive ketones (excluding diaryl/α,β-unsaturated/α-hetero) is 1. The fraction of sp³-hybridized carbons (Fsp3) is 0.800. The molecule has 22 heavy (non-hydrogen) atoms. The summed E-state index contributed by atoms with van der Waals surface area (Å²) in [5.41, 5.74) is 1.40. The van der Waals surface area contributed by atoms with Crippen LogP contribution in [-0.4, -0.2) is 11.6 Å². The normalized spacial score (nSPS) is 47.5. The molecule has 0 saturated heterocycles. The van der Waals surface area contributed by atoms with Gasteiger partial charge >= 0.3 is 0 Å². The minimum Gasteiger partial charge on any atom is -0.295 e. The Bertz CT molecular complexity index is 560. The maximum atomic E-state index is 12.8. The molecule has 0 N–H and O–H groups in total. The lowest BCUT2D eigenvalue weighted by Crippen LogP contribution is -2.52. The molecule has 120 valence electrons. The molecule has 3 fully saturated rings. The molecule has 4 rings (SSSR count). The minimum absolute atomic E-state index is 0.0175. The zero-order valence-corrected chi connectivity index (χ0v) is 14.0. The van der Waals surface area contributed by atoms with Crippen molar-refractivity contribution in [2.45, 2.75) is 71.6 Å². The summed E-state index contributed by atoms with van der Waals surface area (Å²) in [4.78, 5) is 24.6. The second-order valence-electron chi connectivity index (χ2n) is 8.59. The Balaban J connectivity index is 1.74. The Morgan fingerprint density at radius 1 is 1.14 bits per heavy atom. The minimum atomic E-state index is -0.0175. The molecule has 0 heterocycles. The van der Waals surface area contributed by atoms with Gasteiger partial charge in [-0.15, -0.1) is 0 Å². The molecule has 5 atom stereocenters. The SMILES string of the molecule is CC[C@@]12CCC[C@H]1[C@@H]1CC(=O)C3=CC(=O)CC[C@]3(C)[C@H]1CC2. The summed E-state index contributed by atoms with van der Waals surface area (Å²) in [6.07, 6.45) is 11.9. The van der Waals surface area contributed by atoms with Crippen LogP contribution in [0.2, 0.25) is 0 Å². The van der Waals surface area contributed by atoms with Gasteiger partial charge in [0.15, 0.2) is 11.6 Å². The van der Waals surface area contributed by atoms with Gasteiger partial charge in [0.25, 0.3) is 0 Å². The Morgan fingerprint density at radius 2 is 1.95 bits per heavy atom. The molecule has 4 aliphatic rings. The van der Waals surface area contributed by atoms with Gasteiger partial charge in [0.05, 0.1) is 0 Å². The average molecular weight is 300 g/mol. The van der Waals surface area contributed by atoms with E-state index < -0.39 is 0 Å². The molecule has 0 aliphatic heterocycles. The van der Waals surface area contributed by atoms with Crippen molar-refractivity contribution in [3.05, 3.63) is 11.6 Å². The first-order valence-corrected chi connectivity index (χ1v) is 9.28. The maximum absolute atomic E-state index is 12.8. The molecule has 0 radical (unpaired) electrons. The third kappa shape index (κ3) is 1.79. The van der Waals surface area contributed by atoms with Crippen LogP contribution in [0.25, 0.3) is 0 Å². The summed E-state index contributed by atoms with van der Waals surface area (Å²) in [5, 5.41) is 0. The number of hydrogen-bond acceptors (Lipinski definition) is 2. The van der Waals surface area contributed by atoms with Crippen molar-refractivity contribution in [2.75, 3.05) is 0 Å². The third-order valence-electron chi connectivity index (χ3n) is 8.02. The third-order valence-corrected chi connectivity index (χ3v) is 8.02. The molecule has 2 nitrogen and oxygen atoms in total. The molecule has 0 spiro atoms. The monoisotopic (exact) mass is 300 g/mol. The van der Waals surface area contributed by atoms with Gasteiger partial charge in [-0.3, -0.25) is 9.59 Å². The highest BCUT2D eigenvalue weighted by Crippen LogP contribution is 2.65. The van der Waals surface area contributed by atoms with Crippen molar-refractivity contribution >= 4 is 11.6 Å². The van der Waals surface area contributed by atoms with E-state index in [0.29, 0.717) is 30.1 Å². The van der Waals surface area contributed by atoms with Crippen LogP contribution in [0, 0.1) is 28.6 Å². The molecule has 0 amide bonds. The van der Waals surface area contributed by atoms with Crippen molar-refractivity contribution in [3.63, 3.8) is 0 Å². The smallest absolute Gasteiger partial charge is 0.159 e. The second kappa shape index (κ2) is 4.79. The number of rotatable bonds is 1. The van der Waals surface area contributed by atoms with Crippen LogP contribution >= 0.6 is 0 Å². The van der Waals surface area contributed by atoms with Crippen LogP contribution in [0.4, 0.5) is 0 Å². The summed E-state index contributed by atoms with van der Waals surface area (Å²) < 4.78 is 0. The largest absolute Gasteiger partial charge is 0.295 e. The quantitative estimate of drug-likeness (QED) is 0.715. The van der Waals surface area contributed by atoms with Gasteiger partial charge in [-0.05, 0) is 66.8 Å². The van der Waals surface area contributed by atoms with Crippen molar-refractivity contribution in [3.8, 4) is 0 Å². The van der Waals surface area contributed by atoms with Crippen molar-refractivity contribution < 1.29 is 9.59 Å². The maximum Gasteiger partial charge on any atom is 0.159 e. The molecule has 3 saturated carbocycles. The first kappa shape index (κ1) is 14.7. The molecule has 0 bridgehead atoms. The van der Waals surface area contributed by atoms with Crippen molar-refractivity contribution in [1.29, 1.82) is 0 Å². The lowest BCUT2D eigenvalue weighted by atomic mass is 9.46. The summed E-state index contributed by atoms with van der Waals surface area (Å²) in [5.74, 6) is 2.43. The van der Waals surface area contributed by atoms with Gasteiger partial charge in [0, 0.05) is 18.4 Å². The molecule has 0 aromatic heterocycles. The first-order chi connectivity index (χ1) is 10.5. The average Bonchev–Trinajstić information content (AvgIpc) is 2.94.